The highest BCUT2D eigenvalue weighted by Gasteiger charge is 2.17. The van der Waals surface area contributed by atoms with Crippen LogP contribution < -0.4 is 18.9 Å². The molecule has 0 unspecified atom stereocenters. The number of aromatic nitrogens is 6. The van der Waals surface area contributed by atoms with Crippen molar-refractivity contribution in [3.63, 3.8) is 0 Å². The maximum Gasteiger partial charge on any atom is 0.403 e. The van der Waals surface area contributed by atoms with Crippen LogP contribution in [-0.2, 0) is 28.2 Å². The first kappa shape index (κ1) is 27.1. The zero-order valence-corrected chi connectivity index (χ0v) is 24.2. The van der Waals surface area contributed by atoms with Crippen molar-refractivity contribution >= 4 is 34.6 Å². The molecule has 3 heterocycles. The summed E-state index contributed by atoms with van der Waals surface area (Å²) in [5.74, 6) is 1.40. The molecule has 0 bridgehead atoms. The van der Waals surface area contributed by atoms with Gasteiger partial charge in [-0.15, -0.1) is 9.36 Å². The second-order valence-corrected chi connectivity index (χ2v) is 10.4. The minimum absolute atomic E-state index is 0.699. The molecule has 208 valence electrons. The minimum atomic E-state index is 0.699. The van der Waals surface area contributed by atoms with Crippen LogP contribution in [0.1, 0.15) is 24.0 Å². The first-order valence-corrected chi connectivity index (χ1v) is 13.6. The number of benzene rings is 2. The zero-order valence-electron chi connectivity index (χ0n) is 24.2. The highest BCUT2D eigenvalue weighted by atomic mass is 15.4. The lowest BCUT2D eigenvalue weighted by Gasteiger charge is -2.33. The van der Waals surface area contributed by atoms with E-state index in [1.807, 2.05) is 37.3 Å². The fourth-order valence-corrected chi connectivity index (χ4v) is 4.98. The molecule has 1 aliphatic rings. The summed E-state index contributed by atoms with van der Waals surface area (Å²) >= 11 is 0. The van der Waals surface area contributed by atoms with Crippen LogP contribution >= 0.6 is 0 Å². The Balaban J connectivity index is 1.20. The van der Waals surface area contributed by atoms with Crippen LogP contribution in [0.5, 0.6) is 0 Å². The number of anilines is 2. The molecule has 1 aliphatic heterocycles. The third-order valence-electron chi connectivity index (χ3n) is 7.30. The number of aryl methyl sites for hydroxylation is 6. The summed E-state index contributed by atoms with van der Waals surface area (Å²) in [6.45, 7) is 8.22. The van der Waals surface area contributed by atoms with Crippen LogP contribution in [0.2, 0.25) is 0 Å². The van der Waals surface area contributed by atoms with Crippen LogP contribution in [-0.4, -0.2) is 45.7 Å². The molecule has 0 N–H and O–H groups in total. The quantitative estimate of drug-likeness (QED) is 0.267. The van der Waals surface area contributed by atoms with Crippen LogP contribution in [0.15, 0.2) is 69.5 Å². The fraction of sp³-hybridized carbons (Fsp3) is 0.429. The van der Waals surface area contributed by atoms with E-state index >= 15 is 0 Å². The van der Waals surface area contributed by atoms with Gasteiger partial charge in [0.1, 0.15) is 11.4 Å². The Bertz CT molecular complexity index is 1380. The van der Waals surface area contributed by atoms with Crippen molar-refractivity contribution in [1.29, 1.82) is 0 Å². The molecule has 0 amide bonds. The molecule has 40 heavy (non-hydrogen) atoms. The van der Waals surface area contributed by atoms with Gasteiger partial charge in [0.2, 0.25) is 12.7 Å². The maximum atomic E-state index is 4.48. The van der Waals surface area contributed by atoms with Gasteiger partial charge >= 0.3 is 11.9 Å². The monoisotopic (exact) mass is 542 g/mol. The Morgan fingerprint density at radius 3 is 1.35 bits per heavy atom. The lowest BCUT2D eigenvalue weighted by molar-refractivity contribution is -0.659. The van der Waals surface area contributed by atoms with Crippen LogP contribution in [0.25, 0.3) is 0 Å². The van der Waals surface area contributed by atoms with Crippen LogP contribution in [0.3, 0.4) is 0 Å². The standard InChI is InChI=1S/C28H38N12/c1-21-17-23(9-11-25(21)31-33-27-35(3)19-29-37(27)5)39-13-7-15-40(16-8-14-39)24-10-12-26(22(2)18-24)32-34-28-36(4)20-30-38(28)6/h9-12,17-20H,7-8,13-16H2,1-6H3/q+2. The largest absolute Gasteiger partial charge is 0.403 e. The molecule has 12 heteroatoms. The first-order chi connectivity index (χ1) is 19.3. The Hall–Kier alpha value is -4.48. The number of rotatable bonds is 6. The number of hydrogen-bond donors (Lipinski definition) is 0. The van der Waals surface area contributed by atoms with Crippen molar-refractivity contribution in [2.75, 3.05) is 36.0 Å². The van der Waals surface area contributed by atoms with E-state index < -0.39 is 0 Å². The van der Waals surface area contributed by atoms with Crippen molar-refractivity contribution < 1.29 is 9.13 Å². The van der Waals surface area contributed by atoms with Gasteiger partial charge in [-0.25, -0.2) is 9.13 Å². The first-order valence-electron chi connectivity index (χ1n) is 13.6. The Morgan fingerprint density at radius 1 is 0.625 bits per heavy atom. The summed E-state index contributed by atoms with van der Waals surface area (Å²) in [7, 11) is 7.55. The Morgan fingerprint density at radius 2 is 1.02 bits per heavy atom. The van der Waals surface area contributed by atoms with Crippen molar-refractivity contribution in [2.24, 2.45) is 48.6 Å². The van der Waals surface area contributed by atoms with Gasteiger partial charge in [-0.2, -0.15) is 0 Å². The second-order valence-electron chi connectivity index (χ2n) is 10.4. The van der Waals surface area contributed by atoms with Crippen LogP contribution in [0, 0.1) is 13.8 Å². The van der Waals surface area contributed by atoms with Gasteiger partial charge in [0.05, 0.1) is 28.2 Å². The Kier molecular flexibility index (Phi) is 7.94. The van der Waals surface area contributed by atoms with E-state index in [0.717, 1.165) is 61.5 Å². The molecule has 2 aromatic heterocycles. The molecule has 0 radical (unpaired) electrons. The highest BCUT2D eigenvalue weighted by Crippen LogP contribution is 2.29. The summed E-state index contributed by atoms with van der Waals surface area (Å²) in [6.07, 6.45) is 5.60. The predicted molar refractivity (Wildman–Crippen MR) is 153 cm³/mol. The summed E-state index contributed by atoms with van der Waals surface area (Å²) in [6, 6.07) is 12.9. The molecule has 5 rings (SSSR count). The molecule has 0 saturated carbocycles. The predicted octanol–water partition coefficient (Wildman–Crippen LogP) is 4.36. The van der Waals surface area contributed by atoms with Crippen molar-refractivity contribution in [1.82, 2.24) is 19.6 Å². The van der Waals surface area contributed by atoms with Gasteiger partial charge in [0, 0.05) is 47.8 Å². The topological polar surface area (TPSA) is 99.3 Å². The van der Waals surface area contributed by atoms with Crippen LogP contribution in [0.4, 0.5) is 34.6 Å². The molecule has 4 aromatic rings. The second kappa shape index (κ2) is 11.7. The van der Waals surface area contributed by atoms with Gasteiger partial charge in [0.25, 0.3) is 0 Å². The van der Waals surface area contributed by atoms with Crippen molar-refractivity contribution in [2.45, 2.75) is 26.7 Å². The van der Waals surface area contributed by atoms with E-state index in [4.69, 9.17) is 0 Å². The zero-order chi connectivity index (χ0) is 28.2. The molecule has 1 saturated heterocycles. The van der Waals surface area contributed by atoms with Crippen molar-refractivity contribution in [3.8, 4) is 0 Å². The third kappa shape index (κ3) is 5.90. The number of hydrogen-bond acceptors (Lipinski definition) is 8. The highest BCUT2D eigenvalue weighted by molar-refractivity contribution is 5.59. The van der Waals surface area contributed by atoms with Gasteiger partial charge in [0.15, 0.2) is 0 Å². The van der Waals surface area contributed by atoms with E-state index in [0.29, 0.717) is 11.9 Å². The number of azo groups is 2. The summed E-state index contributed by atoms with van der Waals surface area (Å²) < 4.78 is 7.12. The van der Waals surface area contributed by atoms with Crippen molar-refractivity contribution in [3.05, 3.63) is 60.2 Å². The maximum absolute atomic E-state index is 4.48. The van der Waals surface area contributed by atoms with Gasteiger partial charge in [-0.05, 0) is 84.4 Å². The average molecular weight is 543 g/mol. The molecule has 12 nitrogen and oxygen atoms in total. The van der Waals surface area contributed by atoms with E-state index in [1.165, 1.54) is 11.4 Å². The molecule has 1 fully saturated rings. The lowest BCUT2D eigenvalue weighted by Crippen LogP contribution is -2.36. The van der Waals surface area contributed by atoms with Gasteiger partial charge < -0.3 is 9.80 Å². The third-order valence-corrected chi connectivity index (χ3v) is 7.30. The molecular weight excluding hydrogens is 504 g/mol. The van der Waals surface area contributed by atoms with E-state index in [-0.39, 0.29) is 0 Å². The molecule has 2 aromatic carbocycles. The molecular formula is C28H38N12+2. The smallest absolute Gasteiger partial charge is 0.371 e. The SMILES string of the molecule is Cc1cc(N2CCCN(c3ccc(N=Nc4n(C)nc[n+]4C)c(C)c3)CCC2)ccc1N=Nc1n(C)nc[n+]1C. The molecule has 0 spiro atoms. The summed E-state index contributed by atoms with van der Waals surface area (Å²) in [4.78, 5) is 4.97. The van der Waals surface area contributed by atoms with Gasteiger partial charge in [-0.1, -0.05) is 10.2 Å². The fourth-order valence-electron chi connectivity index (χ4n) is 4.98. The van der Waals surface area contributed by atoms with Gasteiger partial charge in [-0.3, -0.25) is 0 Å². The molecule has 0 atom stereocenters. The normalized spacial score (nSPS) is 14.8. The van der Waals surface area contributed by atoms with E-state index in [9.17, 15) is 0 Å². The summed E-state index contributed by atoms with van der Waals surface area (Å²) in [5, 5.41) is 26.2. The minimum Gasteiger partial charge on any atom is -0.371 e. The number of nitrogens with zero attached hydrogens (tertiary/aromatic N) is 12. The molecule has 0 aliphatic carbocycles. The Labute approximate surface area is 234 Å². The average Bonchev–Trinajstić information content (AvgIpc) is 3.41. The van der Waals surface area contributed by atoms with E-state index in [1.54, 1.807) is 22.0 Å². The summed E-state index contributed by atoms with van der Waals surface area (Å²) in [5.41, 5.74) is 6.44. The lowest BCUT2D eigenvalue weighted by atomic mass is 10.1. The van der Waals surface area contributed by atoms with E-state index in [2.05, 4.69) is 90.7 Å².